The van der Waals surface area contributed by atoms with Gasteiger partial charge in [0.1, 0.15) is 11.8 Å². The van der Waals surface area contributed by atoms with E-state index in [1.807, 2.05) is 32.9 Å². The molecule has 3 N–H and O–H groups in total. The van der Waals surface area contributed by atoms with Gasteiger partial charge in [0.25, 0.3) is 5.91 Å². The van der Waals surface area contributed by atoms with Crippen molar-refractivity contribution < 1.29 is 28.8 Å². The number of unbranched alkanes of at least 4 members (excludes halogenated alkanes) is 2. The minimum Gasteiger partial charge on any atom is -0.360 e. The number of nitrogens with zero attached hydrogens (tertiary/aromatic N) is 1. The molecule has 10 heteroatoms. The van der Waals surface area contributed by atoms with Gasteiger partial charge in [-0.3, -0.25) is 28.8 Å². The Kier molecular flexibility index (Phi) is 11.5. The van der Waals surface area contributed by atoms with Crippen LogP contribution in [0.25, 0.3) is 10.9 Å². The Morgan fingerprint density at radius 3 is 2.50 bits per heavy atom. The normalized spacial score (nSPS) is 24.1. The Balaban J connectivity index is 1.67. The molecular formula is C34H46N4O6. The number of nitrogens with one attached hydrogen (secondary N) is 3. The number of Topliss-reactive ketones (excluding diaryl/α,β-unsaturated/α-hetero) is 3. The summed E-state index contributed by atoms with van der Waals surface area (Å²) in [4.78, 5) is 85.9. The van der Waals surface area contributed by atoms with Gasteiger partial charge < -0.3 is 20.5 Å². The van der Waals surface area contributed by atoms with Crippen LogP contribution >= 0.6 is 0 Å². The van der Waals surface area contributed by atoms with E-state index in [4.69, 9.17) is 0 Å². The number of ketones is 3. The molecule has 1 aromatic carbocycles. The van der Waals surface area contributed by atoms with Gasteiger partial charge in [-0.05, 0) is 44.1 Å². The van der Waals surface area contributed by atoms with Crippen LogP contribution in [0.4, 0.5) is 0 Å². The summed E-state index contributed by atoms with van der Waals surface area (Å²) in [6.45, 7) is 6.00. The van der Waals surface area contributed by atoms with Crippen LogP contribution in [-0.2, 0) is 24.0 Å². The van der Waals surface area contributed by atoms with Crippen LogP contribution in [0.5, 0.6) is 0 Å². The Hall–Kier alpha value is -3.82. The number of hydrogen-bond acceptors (Lipinski definition) is 6. The molecule has 2 fully saturated rings. The summed E-state index contributed by atoms with van der Waals surface area (Å²) in [7, 11) is 0. The summed E-state index contributed by atoms with van der Waals surface area (Å²) in [5.74, 6) is -3.24. The standard InChI is InChI=1S/C34H46N4O6/c1-4-21(3)29-34(44)38-18-12-11-17-27(38)28(40)19-22(13-7-6-8-14-23(39)5-2)32(42)37-30(33(43)36-29)31(41)25-20-35-26-16-10-9-15-24(25)26/h9-10,15-16,20-22,27,29-30,35H,4-8,11-14,17-19H2,1-3H3,(H,36,43)(H,37,42)/t21?,22-,27-,29+,30-/m1/s1. The van der Waals surface area contributed by atoms with Crippen molar-refractivity contribution in [1.29, 1.82) is 0 Å². The van der Waals surface area contributed by atoms with Crippen LogP contribution in [0.3, 0.4) is 0 Å². The number of fused-ring (bicyclic) bond motifs is 2. The second-order valence-electron chi connectivity index (χ2n) is 12.3. The van der Waals surface area contributed by atoms with Crippen molar-refractivity contribution in [1.82, 2.24) is 20.5 Å². The molecule has 1 unspecified atom stereocenters. The van der Waals surface area contributed by atoms with Crippen molar-refractivity contribution in [2.75, 3.05) is 6.54 Å². The molecule has 3 amide bonds. The molecule has 0 radical (unpaired) electrons. The first-order valence-electron chi connectivity index (χ1n) is 16.2. The zero-order chi connectivity index (χ0) is 31.8. The highest BCUT2D eigenvalue weighted by atomic mass is 16.2. The Morgan fingerprint density at radius 2 is 1.75 bits per heavy atom. The lowest BCUT2D eigenvalue weighted by atomic mass is 9.87. The fraction of sp³-hybridized carbons (Fsp3) is 0.588. The number of para-hydroxylation sites is 1. The summed E-state index contributed by atoms with van der Waals surface area (Å²) in [5, 5.41) is 6.13. The highest BCUT2D eigenvalue weighted by Gasteiger charge is 2.42. The topological polar surface area (TPSA) is 146 Å². The van der Waals surface area contributed by atoms with E-state index < -0.39 is 41.6 Å². The monoisotopic (exact) mass is 606 g/mol. The molecule has 2 aromatic rings. The second kappa shape index (κ2) is 15.3. The Labute approximate surface area is 259 Å². The molecule has 4 rings (SSSR count). The first-order valence-corrected chi connectivity index (χ1v) is 16.2. The maximum atomic E-state index is 14.0. The minimum atomic E-state index is -1.59. The van der Waals surface area contributed by atoms with E-state index in [1.165, 1.54) is 6.20 Å². The van der Waals surface area contributed by atoms with Crippen molar-refractivity contribution in [2.24, 2.45) is 11.8 Å². The summed E-state index contributed by atoms with van der Waals surface area (Å²) in [6.07, 6.45) is 7.43. The van der Waals surface area contributed by atoms with Crippen LogP contribution in [0.1, 0.15) is 102 Å². The Bertz CT molecular complexity index is 1380. The number of piperidine rings is 1. The zero-order valence-electron chi connectivity index (χ0n) is 26.2. The minimum absolute atomic E-state index is 0.0855. The van der Waals surface area contributed by atoms with E-state index in [0.29, 0.717) is 68.8 Å². The van der Waals surface area contributed by atoms with Crippen LogP contribution < -0.4 is 10.6 Å². The molecule has 0 bridgehead atoms. The average Bonchev–Trinajstić information content (AvgIpc) is 3.47. The lowest BCUT2D eigenvalue weighted by Gasteiger charge is -2.39. The largest absolute Gasteiger partial charge is 0.360 e. The van der Waals surface area contributed by atoms with Gasteiger partial charge in [0.15, 0.2) is 17.6 Å². The predicted octanol–water partition coefficient (Wildman–Crippen LogP) is 4.27. The summed E-state index contributed by atoms with van der Waals surface area (Å²) < 4.78 is 0. The smallest absolute Gasteiger partial charge is 0.251 e. The number of H-pyrrole nitrogens is 1. The molecule has 0 saturated carbocycles. The fourth-order valence-electron chi connectivity index (χ4n) is 6.34. The molecule has 2 aliphatic heterocycles. The number of aromatic nitrogens is 1. The highest BCUT2D eigenvalue weighted by molar-refractivity contribution is 6.20. The number of carbonyl (C=O) groups excluding carboxylic acids is 6. The number of rotatable bonds is 11. The number of carbonyl (C=O) groups is 6. The fourth-order valence-corrected chi connectivity index (χ4v) is 6.34. The molecular weight excluding hydrogens is 560 g/mol. The van der Waals surface area contributed by atoms with Gasteiger partial charge in [-0.25, -0.2) is 0 Å². The van der Waals surface area contributed by atoms with Gasteiger partial charge in [-0.2, -0.15) is 0 Å². The molecule has 238 valence electrons. The second-order valence-corrected chi connectivity index (χ2v) is 12.3. The van der Waals surface area contributed by atoms with Gasteiger partial charge in [-0.15, -0.1) is 0 Å². The summed E-state index contributed by atoms with van der Waals surface area (Å²) in [5.41, 5.74) is 0.966. The highest BCUT2D eigenvalue weighted by Crippen LogP contribution is 2.27. The maximum absolute atomic E-state index is 14.0. The third-order valence-corrected chi connectivity index (χ3v) is 9.32. The molecule has 3 heterocycles. The van der Waals surface area contributed by atoms with E-state index >= 15 is 0 Å². The number of benzene rings is 1. The quantitative estimate of drug-likeness (QED) is 0.198. The van der Waals surface area contributed by atoms with Crippen molar-refractivity contribution in [3.8, 4) is 0 Å². The van der Waals surface area contributed by atoms with Crippen LogP contribution in [0.15, 0.2) is 30.5 Å². The molecule has 10 nitrogen and oxygen atoms in total. The van der Waals surface area contributed by atoms with Gasteiger partial charge in [0, 0.05) is 54.4 Å². The third kappa shape index (κ3) is 7.63. The van der Waals surface area contributed by atoms with E-state index in [9.17, 15) is 28.8 Å². The zero-order valence-corrected chi connectivity index (χ0v) is 26.2. The average molecular weight is 607 g/mol. The van der Waals surface area contributed by atoms with Crippen molar-refractivity contribution >= 4 is 46.0 Å². The van der Waals surface area contributed by atoms with E-state index in [2.05, 4.69) is 15.6 Å². The summed E-state index contributed by atoms with van der Waals surface area (Å²) >= 11 is 0. The molecule has 44 heavy (non-hydrogen) atoms. The van der Waals surface area contributed by atoms with Gasteiger partial charge in [-0.1, -0.05) is 58.2 Å². The predicted molar refractivity (Wildman–Crippen MR) is 167 cm³/mol. The van der Waals surface area contributed by atoms with Gasteiger partial charge in [0.2, 0.25) is 11.8 Å². The molecule has 5 atom stereocenters. The van der Waals surface area contributed by atoms with Crippen molar-refractivity contribution in [2.45, 2.75) is 110 Å². The first kappa shape index (κ1) is 33.1. The SMILES string of the molecule is CCC(=O)CCCCC[C@@H]1CC(=O)[C@H]2CCCCN2C(=O)[C@H](C(C)CC)NC(=O)[C@@H](C(=O)c2c[nH]c3ccccc23)NC1=O. The Morgan fingerprint density at radius 1 is 0.977 bits per heavy atom. The van der Waals surface area contributed by atoms with Gasteiger partial charge >= 0.3 is 0 Å². The van der Waals surface area contributed by atoms with Crippen molar-refractivity contribution in [3.05, 3.63) is 36.0 Å². The number of aromatic amines is 1. The van der Waals surface area contributed by atoms with Crippen LogP contribution in [0.2, 0.25) is 0 Å². The lowest BCUT2D eigenvalue weighted by molar-refractivity contribution is -0.147. The van der Waals surface area contributed by atoms with Gasteiger partial charge in [0.05, 0.1) is 6.04 Å². The van der Waals surface area contributed by atoms with Crippen molar-refractivity contribution in [3.63, 3.8) is 0 Å². The van der Waals surface area contributed by atoms with Crippen LogP contribution in [-0.4, -0.2) is 69.6 Å². The van der Waals surface area contributed by atoms with E-state index in [0.717, 1.165) is 12.8 Å². The summed E-state index contributed by atoms with van der Waals surface area (Å²) in [6, 6.07) is 4.01. The maximum Gasteiger partial charge on any atom is 0.251 e. The third-order valence-electron chi connectivity index (χ3n) is 9.32. The number of amides is 3. The molecule has 0 aliphatic carbocycles. The van der Waals surface area contributed by atoms with E-state index in [-0.39, 0.29) is 35.4 Å². The number of hydrogen-bond donors (Lipinski definition) is 3. The van der Waals surface area contributed by atoms with E-state index in [1.54, 1.807) is 17.0 Å². The van der Waals surface area contributed by atoms with Crippen LogP contribution in [0, 0.1) is 11.8 Å². The molecule has 2 aliphatic rings. The first-order chi connectivity index (χ1) is 21.2. The molecule has 0 spiro atoms. The lowest BCUT2D eigenvalue weighted by Crippen LogP contribution is -2.62. The molecule has 2 saturated heterocycles. The molecule has 1 aromatic heterocycles.